The molecule has 0 aliphatic carbocycles. The van der Waals surface area contributed by atoms with Gasteiger partial charge in [0, 0.05) is 27.3 Å². The van der Waals surface area contributed by atoms with E-state index in [1.807, 2.05) is 0 Å². The van der Waals surface area contributed by atoms with Crippen molar-refractivity contribution < 1.29 is 0 Å². The summed E-state index contributed by atoms with van der Waals surface area (Å²) < 4.78 is 1.19. The van der Waals surface area contributed by atoms with E-state index in [0.29, 0.717) is 6.04 Å². The topological polar surface area (TPSA) is 3.24 Å². The molecule has 2 aromatic carbocycles. The zero-order chi connectivity index (χ0) is 15.2. The molecule has 2 bridgehead atoms. The van der Waals surface area contributed by atoms with Crippen molar-refractivity contribution in [3.63, 3.8) is 0 Å². The van der Waals surface area contributed by atoms with Gasteiger partial charge in [-0.2, -0.15) is 0 Å². The Hall–Kier alpha value is -1.03. The van der Waals surface area contributed by atoms with Crippen LogP contribution >= 0.6 is 22.6 Å². The van der Waals surface area contributed by atoms with E-state index >= 15 is 0 Å². The van der Waals surface area contributed by atoms with Crippen LogP contribution in [-0.4, -0.2) is 10.5 Å². The molecule has 22 heavy (non-hydrogen) atoms. The Kier molecular flexibility index (Phi) is 3.67. The van der Waals surface area contributed by atoms with Gasteiger partial charge in [-0.1, -0.05) is 78.8 Å². The maximum Gasteiger partial charge on any atom is 0.0455 e. The quantitative estimate of drug-likeness (QED) is 0.459. The number of fused-ring (bicyclic) bond motifs is 1. The number of unbranched alkanes of at least 4 members (excludes halogenated alkanes) is 1. The number of para-hydroxylation sites is 2. The third kappa shape index (κ3) is 1.89. The van der Waals surface area contributed by atoms with Gasteiger partial charge >= 0.3 is 0 Å². The molecule has 3 heterocycles. The number of hydrogen-bond acceptors (Lipinski definition) is 1. The Morgan fingerprint density at radius 2 is 1.64 bits per heavy atom. The Balaban J connectivity index is 1.99. The molecule has 1 atom stereocenters. The molecular formula is C20H22IN. The highest BCUT2D eigenvalue weighted by atomic mass is 127. The number of hydrogen-bond donors (Lipinski definition) is 0. The van der Waals surface area contributed by atoms with Crippen LogP contribution in [0.2, 0.25) is 0 Å². The fraction of sp³-hybridized carbons (Fsp3) is 0.400. The van der Waals surface area contributed by atoms with Crippen molar-refractivity contribution in [1.29, 1.82) is 0 Å². The Labute approximate surface area is 146 Å². The lowest BCUT2D eigenvalue weighted by Gasteiger charge is -2.55. The van der Waals surface area contributed by atoms with E-state index in [9.17, 15) is 0 Å². The van der Waals surface area contributed by atoms with Crippen molar-refractivity contribution in [3.8, 4) is 0 Å². The smallest absolute Gasteiger partial charge is 0.0455 e. The number of rotatable bonds is 4. The predicted octanol–water partition coefficient (Wildman–Crippen LogP) is 5.82. The number of nitrogens with zero attached hydrogens (tertiary/aromatic N) is 1. The zero-order valence-electron chi connectivity index (χ0n) is 13.1. The van der Waals surface area contributed by atoms with E-state index in [4.69, 9.17) is 0 Å². The number of anilines is 2. The summed E-state index contributed by atoms with van der Waals surface area (Å²) in [6, 6.07) is 18.8. The van der Waals surface area contributed by atoms with Gasteiger partial charge in [-0.15, -0.1) is 0 Å². The maximum absolute atomic E-state index is 2.60. The molecule has 1 nitrogen and oxygen atoms in total. The average molecular weight is 403 g/mol. The Morgan fingerprint density at radius 1 is 1.05 bits per heavy atom. The summed E-state index contributed by atoms with van der Waals surface area (Å²) in [7, 11) is 0. The lowest BCUT2D eigenvalue weighted by molar-refractivity contribution is 0.358. The highest BCUT2D eigenvalue weighted by Crippen LogP contribution is 2.59. The zero-order valence-corrected chi connectivity index (χ0v) is 15.2. The first-order valence-corrected chi connectivity index (χ1v) is 9.88. The second kappa shape index (κ2) is 5.55. The molecule has 0 amide bonds. The van der Waals surface area contributed by atoms with Crippen LogP contribution in [0.3, 0.4) is 0 Å². The summed E-state index contributed by atoms with van der Waals surface area (Å²) in [5.74, 6) is 0. The predicted molar refractivity (Wildman–Crippen MR) is 103 cm³/mol. The molecule has 0 saturated heterocycles. The van der Waals surface area contributed by atoms with Crippen LogP contribution in [0.5, 0.6) is 0 Å². The van der Waals surface area contributed by atoms with Gasteiger partial charge in [0.25, 0.3) is 0 Å². The molecule has 0 saturated carbocycles. The average Bonchev–Trinajstić information content (AvgIpc) is 2.60. The summed E-state index contributed by atoms with van der Waals surface area (Å²) in [6.45, 7) is 2.31. The molecule has 0 radical (unpaired) electrons. The SMILES string of the molecule is CCCCC12C[C@@H](CI)N(c3ccccc31)c1ccccc12. The minimum atomic E-state index is 0.230. The number of alkyl halides is 1. The van der Waals surface area contributed by atoms with Crippen LogP contribution < -0.4 is 4.90 Å². The van der Waals surface area contributed by atoms with Gasteiger partial charge in [0.2, 0.25) is 0 Å². The highest BCUT2D eigenvalue weighted by Gasteiger charge is 2.50. The normalized spacial score (nSPS) is 25.0. The fourth-order valence-electron chi connectivity index (χ4n) is 4.53. The number of benzene rings is 2. The molecule has 3 aliphatic heterocycles. The van der Waals surface area contributed by atoms with Crippen LogP contribution in [0.15, 0.2) is 48.5 Å². The van der Waals surface area contributed by atoms with E-state index in [-0.39, 0.29) is 5.41 Å². The summed E-state index contributed by atoms with van der Waals surface area (Å²) in [5, 5.41) is 0. The third-order valence-corrected chi connectivity index (χ3v) is 6.46. The lowest BCUT2D eigenvalue weighted by atomic mass is 9.61. The van der Waals surface area contributed by atoms with Crippen molar-refractivity contribution in [3.05, 3.63) is 59.7 Å². The molecule has 0 spiro atoms. The van der Waals surface area contributed by atoms with Gasteiger partial charge in [-0.25, -0.2) is 0 Å². The summed E-state index contributed by atoms with van der Waals surface area (Å²) >= 11 is 2.57. The molecule has 0 N–H and O–H groups in total. The molecule has 0 unspecified atom stereocenters. The van der Waals surface area contributed by atoms with Crippen LogP contribution in [-0.2, 0) is 5.41 Å². The highest BCUT2D eigenvalue weighted by molar-refractivity contribution is 14.1. The second-order valence-electron chi connectivity index (χ2n) is 6.60. The molecule has 0 fully saturated rings. The molecule has 114 valence electrons. The molecule has 2 heteroatoms. The van der Waals surface area contributed by atoms with E-state index < -0.39 is 0 Å². The minimum absolute atomic E-state index is 0.230. The van der Waals surface area contributed by atoms with Crippen LogP contribution in [0, 0.1) is 0 Å². The number of halogens is 1. The molecule has 5 rings (SSSR count). The van der Waals surface area contributed by atoms with Gasteiger partial charge in [0.1, 0.15) is 0 Å². The minimum Gasteiger partial charge on any atom is -0.337 e. The standard InChI is InChI=1S/C20H22IN/c1-2-3-12-20-13-15(14-21)22(18-10-6-4-8-16(18)20)19-11-7-5-9-17(19)20/h4-11,15H,2-3,12-14H2,1H3/t15-/m0/s1. The van der Waals surface area contributed by atoms with E-state index in [0.717, 1.165) is 0 Å². The van der Waals surface area contributed by atoms with Gasteiger partial charge in [0.05, 0.1) is 0 Å². The Morgan fingerprint density at radius 3 is 2.18 bits per heavy atom. The van der Waals surface area contributed by atoms with Crippen molar-refractivity contribution in [2.24, 2.45) is 0 Å². The first-order chi connectivity index (χ1) is 10.8. The fourth-order valence-corrected chi connectivity index (χ4v) is 5.24. The van der Waals surface area contributed by atoms with Crippen molar-refractivity contribution in [1.82, 2.24) is 0 Å². The second-order valence-corrected chi connectivity index (χ2v) is 7.48. The van der Waals surface area contributed by atoms with Crippen molar-refractivity contribution in [2.45, 2.75) is 44.1 Å². The lowest BCUT2D eigenvalue weighted by Crippen LogP contribution is -2.51. The molecule has 2 aromatic rings. The van der Waals surface area contributed by atoms with Crippen LogP contribution in [0.4, 0.5) is 11.4 Å². The molecule has 3 aliphatic rings. The van der Waals surface area contributed by atoms with Crippen molar-refractivity contribution >= 4 is 34.0 Å². The van der Waals surface area contributed by atoms with Gasteiger partial charge in [0.15, 0.2) is 0 Å². The third-order valence-electron chi connectivity index (χ3n) is 5.44. The van der Waals surface area contributed by atoms with E-state index in [1.165, 1.54) is 41.5 Å². The van der Waals surface area contributed by atoms with Crippen LogP contribution in [0.25, 0.3) is 0 Å². The first kappa shape index (κ1) is 14.6. The largest absolute Gasteiger partial charge is 0.337 e. The summed E-state index contributed by atoms with van der Waals surface area (Å²) in [5.41, 5.74) is 6.25. The summed E-state index contributed by atoms with van der Waals surface area (Å²) in [6.07, 6.45) is 5.11. The molecular weight excluding hydrogens is 381 g/mol. The van der Waals surface area contributed by atoms with Gasteiger partial charge < -0.3 is 4.90 Å². The summed E-state index contributed by atoms with van der Waals surface area (Å²) in [4.78, 5) is 2.60. The van der Waals surface area contributed by atoms with E-state index in [1.54, 1.807) is 11.1 Å². The molecule has 0 aromatic heterocycles. The van der Waals surface area contributed by atoms with Gasteiger partial charge in [-0.05, 0) is 36.1 Å². The first-order valence-electron chi connectivity index (χ1n) is 8.36. The van der Waals surface area contributed by atoms with E-state index in [2.05, 4.69) is 82.9 Å². The maximum atomic E-state index is 2.60. The Bertz CT molecular complexity index is 646. The van der Waals surface area contributed by atoms with Gasteiger partial charge in [-0.3, -0.25) is 0 Å². The van der Waals surface area contributed by atoms with Crippen molar-refractivity contribution in [2.75, 3.05) is 9.33 Å². The monoisotopic (exact) mass is 403 g/mol. The van der Waals surface area contributed by atoms with Crippen LogP contribution in [0.1, 0.15) is 43.7 Å².